The fourth-order valence-corrected chi connectivity index (χ4v) is 26.0. The topological polar surface area (TPSA) is 355 Å². The molecule has 0 saturated heterocycles. The predicted octanol–water partition coefficient (Wildman–Crippen LogP) is 0.0766. The number of hydrogen-bond acceptors (Lipinski definition) is 27. The summed E-state index contributed by atoms with van der Waals surface area (Å²) in [6.45, 7) is -8.57. The second-order valence-electron chi connectivity index (χ2n) is 16.1. The van der Waals surface area contributed by atoms with E-state index in [-0.39, 0.29) is 128 Å². The Morgan fingerprint density at radius 3 is 0.521 bits per heavy atom. The normalized spacial score (nSPS) is 20.5. The van der Waals surface area contributed by atoms with Gasteiger partial charge in [-0.15, -0.1) is 141 Å². The van der Waals surface area contributed by atoms with Crippen LogP contribution in [0.25, 0.3) is 0 Å². The molecule has 6 heterocycles. The van der Waals surface area contributed by atoms with Crippen molar-refractivity contribution in [1.82, 2.24) is 0 Å². The largest absolute Gasteiger partial charge is 1.00 e. The number of carbonyl (C=O) groups is 3. The van der Waals surface area contributed by atoms with Crippen LogP contribution in [0.2, 0.25) is 0 Å². The fraction of sp³-hybridized carbons (Fsp3) is 0.450. The number of thioether (sulfide) groups is 12. The molecule has 0 aromatic heterocycles. The molecule has 0 spiro atoms. The Balaban J connectivity index is 0.00000676. The summed E-state index contributed by atoms with van der Waals surface area (Å²) in [6.07, 6.45) is 0. The van der Waals surface area contributed by atoms with Gasteiger partial charge in [-0.2, -0.15) is 0 Å². The van der Waals surface area contributed by atoms with Gasteiger partial charge in [0.15, 0.2) is 0 Å². The number of hydrogen-bond donors (Lipinski definition) is 15. The third kappa shape index (κ3) is 8.97. The average molecular weight is 1220 g/mol. The van der Waals surface area contributed by atoms with Crippen LogP contribution in [0.15, 0.2) is 58.7 Å². The minimum atomic E-state index is -1.56. The first-order valence-electron chi connectivity index (χ1n) is 20.2. The molecule has 0 saturated carbocycles. The summed E-state index contributed by atoms with van der Waals surface area (Å²) in [5.74, 6) is -4.28. The van der Waals surface area contributed by atoms with Gasteiger partial charge in [0, 0.05) is 29.4 Å². The van der Waals surface area contributed by atoms with Crippen molar-refractivity contribution < 1.29 is 121 Å². The smallest absolute Gasteiger partial charge is 0.478 e. The van der Waals surface area contributed by atoms with Gasteiger partial charge in [0.25, 0.3) is 0 Å². The van der Waals surface area contributed by atoms with Crippen molar-refractivity contribution in [3.05, 3.63) is 39.3 Å². The number of carboxylic acids is 3. The van der Waals surface area contributed by atoms with Crippen LogP contribution in [0.4, 0.5) is 0 Å². The predicted molar refractivity (Wildman–Crippen MR) is 272 cm³/mol. The van der Waals surface area contributed by atoms with Crippen LogP contribution in [0.3, 0.4) is 0 Å². The van der Waals surface area contributed by atoms with Gasteiger partial charge in [-0.05, 0) is 29.4 Å². The monoisotopic (exact) mass is 1210 g/mol. The summed E-state index contributed by atoms with van der Waals surface area (Å²) in [5.41, 5.74) is -0.531. The molecule has 18 nitrogen and oxygen atoms in total. The van der Waals surface area contributed by atoms with Crippen molar-refractivity contribution >= 4 is 159 Å². The van der Waals surface area contributed by atoms with Gasteiger partial charge in [0.05, 0.1) is 96.0 Å². The molecule has 0 unspecified atom stereocenters. The molecule has 3 aromatic rings. The van der Waals surface area contributed by atoms with Crippen LogP contribution < -0.4 is 29.6 Å². The Bertz CT molecular complexity index is 2290. The van der Waals surface area contributed by atoms with Crippen LogP contribution >= 0.6 is 141 Å². The first-order valence-corrected chi connectivity index (χ1v) is 30.0. The van der Waals surface area contributed by atoms with E-state index in [0.717, 1.165) is 141 Å². The maximum absolute atomic E-state index is 13.7. The van der Waals surface area contributed by atoms with Gasteiger partial charge >= 0.3 is 47.5 Å². The van der Waals surface area contributed by atoms with Crippen molar-refractivity contribution in [3.63, 3.8) is 0 Å². The minimum Gasteiger partial charge on any atom is -0.478 e. The summed E-state index contributed by atoms with van der Waals surface area (Å²) >= 11 is 10.5. The van der Waals surface area contributed by atoms with Crippen LogP contribution in [0.1, 0.15) is 47.8 Å². The third-order valence-corrected chi connectivity index (χ3v) is 30.4. The molecular formula is C40H39NaO18S12. The third-order valence-electron chi connectivity index (χ3n) is 11.7. The number of aliphatic hydroxyl groups excluding tert-OH is 12. The van der Waals surface area contributed by atoms with Crippen molar-refractivity contribution in [1.29, 1.82) is 0 Å². The van der Waals surface area contributed by atoms with E-state index in [1.165, 1.54) is 0 Å². The number of aromatic carboxylic acids is 3. The van der Waals surface area contributed by atoms with Gasteiger partial charge in [-0.3, -0.25) is 0 Å². The molecule has 0 radical (unpaired) electrons. The van der Waals surface area contributed by atoms with Crippen LogP contribution in [0.5, 0.6) is 0 Å². The Morgan fingerprint density at radius 1 is 0.282 bits per heavy atom. The Hall–Kier alpha value is 0.660. The van der Waals surface area contributed by atoms with Crippen molar-refractivity contribution in [3.8, 4) is 0 Å². The number of benzene rings is 3. The summed E-state index contributed by atoms with van der Waals surface area (Å²) in [5, 5.41) is 165. The first-order chi connectivity index (χ1) is 33.3. The van der Waals surface area contributed by atoms with Gasteiger partial charge in [-0.1, -0.05) is 22.6 Å². The minimum absolute atomic E-state index is 0. The molecule has 0 atom stereocenters. The quantitative estimate of drug-likeness (QED) is 0.0455. The molecule has 31 heteroatoms. The molecule has 0 aliphatic carbocycles. The number of fused-ring (bicyclic) bond motifs is 6. The van der Waals surface area contributed by atoms with Crippen LogP contribution in [-0.2, 0) is 0 Å². The summed E-state index contributed by atoms with van der Waals surface area (Å²) in [7, 11) is 0. The van der Waals surface area contributed by atoms with Crippen LogP contribution in [-0.4, -0.2) is 198 Å². The molecule has 0 amide bonds. The Labute approximate surface area is 476 Å². The fourth-order valence-electron chi connectivity index (χ4n) is 8.22. The number of aliphatic hydroxyl groups is 12. The van der Waals surface area contributed by atoms with E-state index in [0.29, 0.717) is 0 Å². The SMILES string of the molecule is O=C(O)c1c2c(c([C-](c3c4c(c(C(=O)O)c5c3SC(CO)(CO)S5)SC(CO)(CO)S4)c3c4c(c(C(=O)O)c5c3SC(CO)(CO)S5)SC(CO)(CO)S4)c3c1SC(CO)(CO)S3)SC(CO)(CO)S2.[Na+]. The molecule has 71 heavy (non-hydrogen) atoms. The molecule has 0 fully saturated rings. The molecule has 15 N–H and O–H groups in total. The standard InChI is InChI=1S/C40H39O18S12.Na/c41-1-35(2-42)59-20-14(21-27(17(32(53)54)26(20)65-35)66-36(3-43,4-44)60-21)13(15-22-28(67-37(5-45,6-46)61-22)18(33(55)56)29-23(15)62-38(7-47,8-48)68-29)16-24-30(69-39(9-49,10-50)63-24)19(34(57)58)31-25(16)64-40(11-51,12-52)70-31;/h41-52H,1-12H2,(H,53,54)(H,55,56)(H,57,58);/q-1;+1. The molecule has 3 aromatic carbocycles. The second-order valence-corrected chi connectivity index (χ2v) is 34.4. The molecular weight excluding hydrogens is 1180 g/mol. The molecule has 6 aliphatic heterocycles. The maximum Gasteiger partial charge on any atom is 1.00 e. The van der Waals surface area contributed by atoms with E-state index in [1.54, 1.807) is 0 Å². The Kier molecular flexibility index (Phi) is 17.4. The zero-order chi connectivity index (χ0) is 50.7. The molecule has 6 aliphatic rings. The van der Waals surface area contributed by atoms with E-state index < -0.39 is 122 Å². The second kappa shape index (κ2) is 21.4. The molecule has 9 rings (SSSR count). The Morgan fingerprint density at radius 2 is 0.408 bits per heavy atom. The van der Waals surface area contributed by atoms with E-state index in [1.807, 2.05) is 0 Å². The number of rotatable bonds is 18. The number of carboxylic acid groups (broad SMARTS) is 3. The van der Waals surface area contributed by atoms with Crippen molar-refractivity contribution in [2.45, 2.75) is 83.2 Å². The molecule has 380 valence electrons. The zero-order valence-electron chi connectivity index (χ0n) is 36.3. The van der Waals surface area contributed by atoms with Crippen molar-refractivity contribution in [2.75, 3.05) is 79.3 Å². The van der Waals surface area contributed by atoms with Crippen molar-refractivity contribution in [2.24, 2.45) is 0 Å². The van der Waals surface area contributed by atoms with E-state index in [4.69, 9.17) is 0 Å². The van der Waals surface area contributed by atoms with E-state index in [2.05, 4.69) is 0 Å². The summed E-state index contributed by atoms with van der Waals surface area (Å²) in [6, 6.07) is 0. The van der Waals surface area contributed by atoms with Gasteiger partial charge in [0.2, 0.25) is 0 Å². The van der Waals surface area contributed by atoms with Gasteiger partial charge in [0.1, 0.15) is 24.5 Å². The summed E-state index contributed by atoms with van der Waals surface area (Å²) in [4.78, 5) is 41.9. The average Bonchev–Trinajstić information content (AvgIpc) is 4.23. The first kappa shape index (κ1) is 57.8. The van der Waals surface area contributed by atoms with E-state index >= 15 is 0 Å². The van der Waals surface area contributed by atoms with E-state index in [9.17, 15) is 91.0 Å². The van der Waals surface area contributed by atoms with Crippen LogP contribution in [0, 0.1) is 5.92 Å². The van der Waals surface area contributed by atoms with Gasteiger partial charge < -0.3 is 76.6 Å². The molecule has 0 bridgehead atoms. The maximum atomic E-state index is 13.7. The van der Waals surface area contributed by atoms with Gasteiger partial charge in [-0.25, -0.2) is 14.4 Å². The zero-order valence-corrected chi connectivity index (χ0v) is 48.1. The summed E-state index contributed by atoms with van der Waals surface area (Å²) < 4.78 is -9.34.